The summed E-state index contributed by atoms with van der Waals surface area (Å²) in [4.78, 5) is 24.7. The van der Waals surface area contributed by atoms with E-state index >= 15 is 0 Å². The van der Waals surface area contributed by atoms with E-state index in [4.69, 9.17) is 4.42 Å². The number of piperidine rings is 1. The molecule has 1 amide bonds. The Morgan fingerprint density at radius 3 is 2.57 bits per heavy atom. The molecule has 0 spiro atoms. The third kappa shape index (κ3) is 3.94. The summed E-state index contributed by atoms with van der Waals surface area (Å²) < 4.78 is 33.4. The first-order chi connectivity index (χ1) is 14.4. The number of carbonyl (C=O) groups is 2. The number of benzene rings is 1. The molecule has 0 saturated carbocycles. The average Bonchev–Trinajstić information content (AvgIpc) is 3.24. The van der Waals surface area contributed by atoms with E-state index in [1.54, 1.807) is 6.26 Å². The molecular weight excluding hydrogens is 404 g/mol. The highest BCUT2D eigenvalue weighted by Crippen LogP contribution is 2.32. The molecule has 1 saturated heterocycles. The number of nitrogens with one attached hydrogen (secondary N) is 1. The number of aryl methyl sites for hydroxylation is 1. The van der Waals surface area contributed by atoms with Crippen LogP contribution >= 0.6 is 0 Å². The zero-order valence-electron chi connectivity index (χ0n) is 17.0. The second kappa shape index (κ2) is 8.35. The van der Waals surface area contributed by atoms with Crippen molar-refractivity contribution >= 4 is 21.7 Å². The number of amides is 1. The Bertz CT molecular complexity index is 1040. The normalized spacial score (nSPS) is 22.3. The van der Waals surface area contributed by atoms with Crippen molar-refractivity contribution < 1.29 is 22.4 Å². The lowest BCUT2D eigenvalue weighted by Gasteiger charge is -2.35. The van der Waals surface area contributed by atoms with Crippen LogP contribution < -0.4 is 5.32 Å². The second-order valence-electron chi connectivity index (χ2n) is 7.96. The van der Waals surface area contributed by atoms with Crippen LogP contribution in [0.5, 0.6) is 0 Å². The Morgan fingerprint density at radius 1 is 1.07 bits per heavy atom. The van der Waals surface area contributed by atoms with E-state index in [-0.39, 0.29) is 22.6 Å². The molecule has 2 aliphatic rings. The molecule has 1 aromatic heterocycles. The maximum Gasteiger partial charge on any atom is 0.243 e. The fraction of sp³-hybridized carbons (Fsp3) is 0.455. The number of fused-ring (bicyclic) bond motifs is 1. The molecule has 2 heterocycles. The van der Waals surface area contributed by atoms with Gasteiger partial charge < -0.3 is 9.73 Å². The molecule has 1 N–H and O–H groups in total. The molecular formula is C22H26N2O5S. The minimum atomic E-state index is -3.85. The summed E-state index contributed by atoms with van der Waals surface area (Å²) in [5, 5.41) is 3.06. The van der Waals surface area contributed by atoms with Crippen LogP contribution in [0.2, 0.25) is 0 Å². The van der Waals surface area contributed by atoms with Gasteiger partial charge in [-0.15, -0.1) is 0 Å². The third-order valence-electron chi connectivity index (χ3n) is 5.99. The summed E-state index contributed by atoms with van der Waals surface area (Å²) in [5.41, 5.74) is 1.44. The van der Waals surface area contributed by atoms with Gasteiger partial charge in [-0.1, -0.05) is 18.6 Å². The van der Waals surface area contributed by atoms with Crippen molar-refractivity contribution in [2.24, 2.45) is 0 Å². The van der Waals surface area contributed by atoms with Crippen molar-refractivity contribution in [1.29, 1.82) is 0 Å². The zero-order valence-corrected chi connectivity index (χ0v) is 17.8. The lowest BCUT2D eigenvalue weighted by atomic mass is 9.93. The van der Waals surface area contributed by atoms with Crippen LogP contribution in [0.15, 0.2) is 45.9 Å². The lowest BCUT2D eigenvalue weighted by molar-refractivity contribution is -0.126. The molecule has 7 nitrogen and oxygen atoms in total. The van der Waals surface area contributed by atoms with Gasteiger partial charge in [0.15, 0.2) is 5.78 Å². The van der Waals surface area contributed by atoms with Crippen molar-refractivity contribution in [2.45, 2.75) is 62.4 Å². The number of rotatable bonds is 5. The highest BCUT2D eigenvalue weighted by molar-refractivity contribution is 7.89. The molecule has 4 rings (SSSR count). The van der Waals surface area contributed by atoms with Gasteiger partial charge in [-0.3, -0.25) is 9.59 Å². The molecule has 8 heteroatoms. The minimum Gasteiger partial charge on any atom is -0.469 e. The maximum absolute atomic E-state index is 13.3. The molecule has 2 aromatic rings. The van der Waals surface area contributed by atoms with E-state index in [0.717, 1.165) is 37.0 Å². The van der Waals surface area contributed by atoms with Gasteiger partial charge in [-0.2, -0.15) is 4.31 Å². The van der Waals surface area contributed by atoms with E-state index in [1.165, 1.54) is 35.5 Å². The van der Waals surface area contributed by atoms with Gasteiger partial charge in [0.1, 0.15) is 11.8 Å². The molecule has 1 aliphatic carbocycles. The molecule has 2 atom stereocenters. The van der Waals surface area contributed by atoms with Gasteiger partial charge >= 0.3 is 0 Å². The number of carbonyl (C=O) groups excluding carboxylic acids is 2. The van der Waals surface area contributed by atoms with Crippen LogP contribution in [0.4, 0.5) is 0 Å². The predicted octanol–water partition coefficient (Wildman–Crippen LogP) is 3.22. The highest BCUT2D eigenvalue weighted by Gasteiger charge is 2.38. The lowest BCUT2D eigenvalue weighted by Crippen LogP contribution is -2.52. The van der Waals surface area contributed by atoms with Gasteiger partial charge in [0.2, 0.25) is 15.9 Å². The number of furan rings is 1. The van der Waals surface area contributed by atoms with E-state index in [1.807, 2.05) is 6.07 Å². The molecule has 160 valence electrons. The van der Waals surface area contributed by atoms with Crippen molar-refractivity contribution in [3.8, 4) is 0 Å². The number of nitrogens with zero attached hydrogens (tertiary/aromatic N) is 1. The summed E-state index contributed by atoms with van der Waals surface area (Å²) in [6.45, 7) is 1.74. The molecule has 30 heavy (non-hydrogen) atoms. The van der Waals surface area contributed by atoms with Crippen LogP contribution in [-0.4, -0.2) is 37.0 Å². The summed E-state index contributed by atoms with van der Waals surface area (Å²) in [6, 6.07) is 6.89. The first kappa shape index (κ1) is 20.8. The fourth-order valence-corrected chi connectivity index (χ4v) is 6.01. The van der Waals surface area contributed by atoms with Crippen molar-refractivity contribution in [1.82, 2.24) is 9.62 Å². The van der Waals surface area contributed by atoms with E-state index in [0.29, 0.717) is 24.9 Å². The van der Waals surface area contributed by atoms with Crippen LogP contribution in [0, 0.1) is 0 Å². The highest BCUT2D eigenvalue weighted by atomic mass is 32.2. The number of hydrogen-bond donors (Lipinski definition) is 1. The van der Waals surface area contributed by atoms with Crippen LogP contribution in [0.1, 0.15) is 66.8 Å². The Morgan fingerprint density at radius 2 is 1.83 bits per heavy atom. The number of hydrogen-bond acceptors (Lipinski definition) is 5. The molecule has 1 aliphatic heterocycles. The Hall–Kier alpha value is -2.45. The predicted molar refractivity (Wildman–Crippen MR) is 111 cm³/mol. The van der Waals surface area contributed by atoms with Crippen molar-refractivity contribution in [2.75, 3.05) is 6.54 Å². The Labute approximate surface area is 176 Å². The van der Waals surface area contributed by atoms with Crippen LogP contribution in [0.3, 0.4) is 0 Å². The quantitative estimate of drug-likeness (QED) is 0.735. The number of sulfonamides is 1. The average molecular weight is 431 g/mol. The van der Waals surface area contributed by atoms with Crippen molar-refractivity contribution in [3.63, 3.8) is 0 Å². The first-order valence-corrected chi connectivity index (χ1v) is 11.8. The third-order valence-corrected chi connectivity index (χ3v) is 7.91. The monoisotopic (exact) mass is 430 g/mol. The molecule has 2 unspecified atom stereocenters. The zero-order chi connectivity index (χ0) is 21.3. The Balaban J connectivity index is 1.55. The number of ketones is 1. The molecule has 0 radical (unpaired) electrons. The largest absolute Gasteiger partial charge is 0.469 e. The number of Topliss-reactive ketones (excluding diaryl/α,β-unsaturated/α-hetero) is 1. The van der Waals surface area contributed by atoms with Gasteiger partial charge in [-0.25, -0.2) is 8.42 Å². The van der Waals surface area contributed by atoms with Crippen molar-refractivity contribution in [3.05, 3.63) is 53.5 Å². The Kier molecular flexibility index (Phi) is 5.79. The summed E-state index contributed by atoms with van der Waals surface area (Å²) >= 11 is 0. The SMILES string of the molecule is CC(=O)c1ccc(S(=O)(=O)N2CCCCC2C(=O)NC2CCCc3occc32)cc1. The van der Waals surface area contributed by atoms with E-state index in [9.17, 15) is 18.0 Å². The smallest absolute Gasteiger partial charge is 0.243 e. The first-order valence-electron chi connectivity index (χ1n) is 10.4. The maximum atomic E-state index is 13.3. The van der Waals surface area contributed by atoms with Gasteiger partial charge in [0.25, 0.3) is 0 Å². The summed E-state index contributed by atoms with van der Waals surface area (Å²) in [7, 11) is -3.85. The van der Waals surface area contributed by atoms with Gasteiger partial charge in [0.05, 0.1) is 17.2 Å². The topological polar surface area (TPSA) is 96.7 Å². The van der Waals surface area contributed by atoms with Gasteiger partial charge in [0, 0.05) is 24.1 Å². The molecule has 1 fully saturated rings. The minimum absolute atomic E-state index is 0.0991. The van der Waals surface area contributed by atoms with E-state index in [2.05, 4.69) is 5.32 Å². The summed E-state index contributed by atoms with van der Waals surface area (Å²) in [5.74, 6) is 0.503. The molecule has 0 bridgehead atoms. The van der Waals surface area contributed by atoms with E-state index < -0.39 is 16.1 Å². The van der Waals surface area contributed by atoms with Crippen LogP contribution in [-0.2, 0) is 21.2 Å². The standard InChI is InChI=1S/C22H26N2O5S/c1-15(25)16-8-10-17(11-9-16)30(27,28)24-13-3-2-6-20(24)22(26)23-19-5-4-7-21-18(19)12-14-29-21/h8-12,14,19-20H,2-7,13H2,1H3,(H,23,26). The van der Waals surface area contributed by atoms with Crippen LogP contribution in [0.25, 0.3) is 0 Å². The molecule has 1 aromatic carbocycles. The second-order valence-corrected chi connectivity index (χ2v) is 9.85. The van der Waals surface area contributed by atoms with Gasteiger partial charge in [-0.05, 0) is 50.8 Å². The summed E-state index contributed by atoms with van der Waals surface area (Å²) in [6.07, 6.45) is 6.22. The fourth-order valence-electron chi connectivity index (χ4n) is 4.36.